The van der Waals surface area contributed by atoms with Crippen molar-refractivity contribution >= 4 is 17.6 Å². The number of rotatable bonds is 7. The molecule has 4 rings (SSSR count). The molecular formula is C26H31ClO8. The van der Waals surface area contributed by atoms with Gasteiger partial charge in [0.15, 0.2) is 0 Å². The molecule has 0 spiro atoms. The second kappa shape index (κ2) is 10.8. The standard InChI is InChI=1S/C26H31ClO8/c1-33-25(32)26(10-2-3-11-26)35-18-7-4-15(5-8-18)12-17-13-16(6-9-19(17)27)24-23(31)22(30)21(29)20(14-28)34-24/h4-9,13,20-24,28-31H,2-3,10-12,14H2,1H3/t20-,21-,22?,23-,24+/m1/s1. The van der Waals surface area contributed by atoms with Gasteiger partial charge in [-0.05, 0) is 67.0 Å². The molecule has 1 saturated carbocycles. The first-order chi connectivity index (χ1) is 16.8. The SMILES string of the molecule is COC(=O)C1(Oc2ccc(Cc3cc([C@@H]4O[C@H](CO)[C@@H](O)C(O)[C@H]4O)ccc3Cl)cc2)CCCC1. The van der Waals surface area contributed by atoms with Gasteiger partial charge < -0.3 is 34.6 Å². The van der Waals surface area contributed by atoms with Crippen LogP contribution in [0.5, 0.6) is 5.75 Å². The quantitative estimate of drug-likeness (QED) is 0.421. The highest BCUT2D eigenvalue weighted by Gasteiger charge is 2.45. The number of aliphatic hydroxyl groups excluding tert-OH is 4. The fourth-order valence-corrected chi connectivity index (χ4v) is 5.07. The Kier molecular flexibility index (Phi) is 8.00. The topological polar surface area (TPSA) is 126 Å². The third-order valence-corrected chi connectivity index (χ3v) is 7.26. The van der Waals surface area contributed by atoms with Crippen LogP contribution in [-0.4, -0.2) is 70.1 Å². The number of ether oxygens (including phenoxy) is 3. The molecule has 2 aromatic carbocycles. The molecule has 190 valence electrons. The molecule has 1 saturated heterocycles. The molecule has 0 aromatic heterocycles. The number of halogens is 1. The van der Waals surface area contributed by atoms with Crippen molar-refractivity contribution in [3.8, 4) is 5.75 Å². The Morgan fingerprint density at radius 1 is 1.06 bits per heavy atom. The Labute approximate surface area is 209 Å². The van der Waals surface area contributed by atoms with Gasteiger partial charge in [-0.2, -0.15) is 0 Å². The number of hydrogen-bond acceptors (Lipinski definition) is 8. The largest absolute Gasteiger partial charge is 0.476 e. The van der Waals surface area contributed by atoms with Gasteiger partial charge >= 0.3 is 5.97 Å². The minimum absolute atomic E-state index is 0.351. The van der Waals surface area contributed by atoms with Crippen molar-refractivity contribution in [3.05, 3.63) is 64.2 Å². The number of carbonyl (C=O) groups excluding carboxylic acids is 1. The van der Waals surface area contributed by atoms with Crippen molar-refractivity contribution < 1.29 is 39.4 Å². The van der Waals surface area contributed by atoms with Crippen LogP contribution in [0.3, 0.4) is 0 Å². The monoisotopic (exact) mass is 506 g/mol. The maximum Gasteiger partial charge on any atom is 0.350 e. The van der Waals surface area contributed by atoms with Crippen molar-refractivity contribution in [2.45, 2.75) is 68.2 Å². The molecule has 1 aliphatic heterocycles. The van der Waals surface area contributed by atoms with E-state index < -0.39 is 42.7 Å². The summed E-state index contributed by atoms with van der Waals surface area (Å²) in [6.45, 7) is -0.492. The lowest BCUT2D eigenvalue weighted by Gasteiger charge is -2.40. The number of aliphatic hydroxyl groups is 4. The number of methoxy groups -OCH3 is 1. The maximum absolute atomic E-state index is 12.3. The molecule has 0 radical (unpaired) electrons. The Hall–Kier alpha value is -2.20. The van der Waals surface area contributed by atoms with Gasteiger partial charge in [-0.1, -0.05) is 35.9 Å². The Morgan fingerprint density at radius 2 is 1.74 bits per heavy atom. The van der Waals surface area contributed by atoms with Gasteiger partial charge in [-0.3, -0.25) is 0 Å². The van der Waals surface area contributed by atoms with Crippen molar-refractivity contribution in [2.75, 3.05) is 13.7 Å². The van der Waals surface area contributed by atoms with Crippen LogP contribution in [0.1, 0.15) is 48.5 Å². The summed E-state index contributed by atoms with van der Waals surface area (Å²) in [6, 6.07) is 12.6. The second-order valence-corrected chi connectivity index (χ2v) is 9.62. The van der Waals surface area contributed by atoms with Crippen LogP contribution < -0.4 is 4.74 Å². The first kappa shape index (κ1) is 25.9. The van der Waals surface area contributed by atoms with Crippen LogP contribution >= 0.6 is 11.6 Å². The third kappa shape index (κ3) is 5.33. The van der Waals surface area contributed by atoms with Crippen LogP contribution in [0, 0.1) is 0 Å². The van der Waals surface area contributed by atoms with Gasteiger partial charge in [0.1, 0.15) is 36.3 Å². The number of benzene rings is 2. The normalized spacial score (nSPS) is 28.0. The van der Waals surface area contributed by atoms with Gasteiger partial charge in [0, 0.05) is 5.02 Å². The molecule has 4 N–H and O–H groups in total. The second-order valence-electron chi connectivity index (χ2n) is 9.22. The molecule has 1 aliphatic carbocycles. The summed E-state index contributed by atoms with van der Waals surface area (Å²) in [7, 11) is 1.37. The molecule has 2 fully saturated rings. The summed E-state index contributed by atoms with van der Waals surface area (Å²) >= 11 is 6.43. The smallest absolute Gasteiger partial charge is 0.350 e. The van der Waals surface area contributed by atoms with E-state index in [0.717, 1.165) is 24.0 Å². The summed E-state index contributed by atoms with van der Waals surface area (Å²) in [5.41, 5.74) is 1.36. The summed E-state index contributed by atoms with van der Waals surface area (Å²) in [4.78, 5) is 12.3. The van der Waals surface area contributed by atoms with Crippen molar-refractivity contribution in [3.63, 3.8) is 0 Å². The molecule has 2 aliphatic rings. The van der Waals surface area contributed by atoms with Gasteiger partial charge in [0.05, 0.1) is 13.7 Å². The molecule has 5 atom stereocenters. The lowest BCUT2D eigenvalue weighted by atomic mass is 9.90. The Morgan fingerprint density at radius 3 is 2.37 bits per heavy atom. The van der Waals surface area contributed by atoms with E-state index in [-0.39, 0.29) is 5.97 Å². The predicted molar refractivity (Wildman–Crippen MR) is 127 cm³/mol. The fourth-order valence-electron chi connectivity index (χ4n) is 4.89. The van der Waals surface area contributed by atoms with E-state index >= 15 is 0 Å². The Bertz CT molecular complexity index is 1020. The maximum atomic E-state index is 12.3. The van der Waals surface area contributed by atoms with Gasteiger partial charge in [0.2, 0.25) is 5.60 Å². The Balaban J connectivity index is 1.50. The van der Waals surface area contributed by atoms with E-state index in [4.69, 9.17) is 25.8 Å². The molecule has 35 heavy (non-hydrogen) atoms. The minimum Gasteiger partial charge on any atom is -0.476 e. The number of carbonyl (C=O) groups is 1. The predicted octanol–water partition coefficient (Wildman–Crippen LogP) is 2.31. The first-order valence-electron chi connectivity index (χ1n) is 11.7. The zero-order valence-electron chi connectivity index (χ0n) is 19.5. The average Bonchev–Trinajstić information content (AvgIpc) is 3.34. The summed E-state index contributed by atoms with van der Waals surface area (Å²) in [5.74, 6) is 0.234. The van der Waals surface area contributed by atoms with Crippen molar-refractivity contribution in [1.29, 1.82) is 0 Å². The first-order valence-corrected chi connectivity index (χ1v) is 12.1. The number of hydrogen-bond donors (Lipinski definition) is 4. The average molecular weight is 507 g/mol. The molecular weight excluding hydrogens is 476 g/mol. The molecule has 0 bridgehead atoms. The third-order valence-electron chi connectivity index (χ3n) is 6.89. The van der Waals surface area contributed by atoms with E-state index in [2.05, 4.69) is 0 Å². The van der Waals surface area contributed by atoms with Crippen LogP contribution in [0.4, 0.5) is 0 Å². The summed E-state index contributed by atoms with van der Waals surface area (Å²) in [6.07, 6.45) is -2.59. The van der Waals surface area contributed by atoms with E-state index in [9.17, 15) is 25.2 Å². The van der Waals surface area contributed by atoms with E-state index in [1.165, 1.54) is 7.11 Å². The van der Waals surface area contributed by atoms with E-state index in [1.54, 1.807) is 18.2 Å². The van der Waals surface area contributed by atoms with Crippen LogP contribution in [0.15, 0.2) is 42.5 Å². The highest BCUT2D eigenvalue weighted by Crippen LogP contribution is 2.37. The van der Waals surface area contributed by atoms with Crippen molar-refractivity contribution in [2.24, 2.45) is 0 Å². The molecule has 1 unspecified atom stereocenters. The molecule has 1 heterocycles. The van der Waals surface area contributed by atoms with Gasteiger partial charge in [-0.25, -0.2) is 4.79 Å². The zero-order chi connectivity index (χ0) is 25.2. The molecule has 2 aromatic rings. The van der Waals surface area contributed by atoms with E-state index in [1.807, 2.05) is 24.3 Å². The summed E-state index contributed by atoms with van der Waals surface area (Å²) < 4.78 is 16.7. The van der Waals surface area contributed by atoms with E-state index in [0.29, 0.717) is 35.6 Å². The summed E-state index contributed by atoms with van der Waals surface area (Å²) in [5, 5.41) is 40.6. The zero-order valence-corrected chi connectivity index (χ0v) is 20.2. The van der Waals surface area contributed by atoms with Crippen LogP contribution in [-0.2, 0) is 20.7 Å². The highest BCUT2D eigenvalue weighted by atomic mass is 35.5. The van der Waals surface area contributed by atoms with Gasteiger partial charge in [-0.15, -0.1) is 0 Å². The van der Waals surface area contributed by atoms with Crippen LogP contribution in [0.25, 0.3) is 0 Å². The lowest BCUT2D eigenvalue weighted by Crippen LogP contribution is -2.55. The van der Waals surface area contributed by atoms with Gasteiger partial charge in [0.25, 0.3) is 0 Å². The van der Waals surface area contributed by atoms with Crippen molar-refractivity contribution in [1.82, 2.24) is 0 Å². The fraction of sp³-hybridized carbons (Fsp3) is 0.500. The molecule has 8 nitrogen and oxygen atoms in total. The number of esters is 1. The van der Waals surface area contributed by atoms with Crippen LogP contribution in [0.2, 0.25) is 5.02 Å². The minimum atomic E-state index is -1.45. The highest BCUT2D eigenvalue weighted by molar-refractivity contribution is 6.31. The lowest BCUT2D eigenvalue weighted by molar-refractivity contribution is -0.231. The molecule has 9 heteroatoms. The molecule has 0 amide bonds.